The molecule has 3 nitrogen and oxygen atoms in total. The van der Waals surface area contributed by atoms with Gasteiger partial charge in [0.15, 0.2) is 5.65 Å². The summed E-state index contributed by atoms with van der Waals surface area (Å²) >= 11 is 8.33. The van der Waals surface area contributed by atoms with Crippen LogP contribution in [0.3, 0.4) is 0 Å². The minimum Gasteiger partial charge on any atom is -0.311 e. The molecule has 0 radical (unpaired) electrons. The fourth-order valence-electron chi connectivity index (χ4n) is 2.60. The molecule has 1 fully saturated rings. The highest BCUT2D eigenvalue weighted by atomic mass is 35.5. The van der Waals surface area contributed by atoms with Crippen molar-refractivity contribution in [2.75, 3.05) is 11.5 Å². The SMILES string of the molecule is Cc1cnc2c(c1)nc(C(C)Cl)n2CC1CCSC1. The lowest BCUT2D eigenvalue weighted by Crippen LogP contribution is -2.13. The molecule has 5 heteroatoms. The van der Waals surface area contributed by atoms with Gasteiger partial charge in [0, 0.05) is 12.7 Å². The highest BCUT2D eigenvalue weighted by Gasteiger charge is 2.21. The van der Waals surface area contributed by atoms with Gasteiger partial charge in [-0.1, -0.05) is 0 Å². The molecule has 0 saturated carbocycles. The molecule has 3 rings (SSSR count). The molecule has 3 heterocycles. The Labute approximate surface area is 122 Å². The van der Waals surface area contributed by atoms with Gasteiger partial charge < -0.3 is 4.57 Å². The van der Waals surface area contributed by atoms with Crippen LogP contribution in [0.2, 0.25) is 0 Å². The average molecular weight is 296 g/mol. The van der Waals surface area contributed by atoms with E-state index in [1.165, 1.54) is 17.9 Å². The van der Waals surface area contributed by atoms with Gasteiger partial charge in [-0.05, 0) is 49.3 Å². The maximum Gasteiger partial charge on any atom is 0.160 e. The lowest BCUT2D eigenvalue weighted by molar-refractivity contribution is 0.486. The molecule has 1 aliphatic heterocycles. The van der Waals surface area contributed by atoms with Crippen LogP contribution in [0.25, 0.3) is 11.2 Å². The number of aryl methyl sites for hydroxylation is 1. The second-order valence-electron chi connectivity index (χ2n) is 5.28. The van der Waals surface area contributed by atoms with Crippen LogP contribution in [-0.4, -0.2) is 26.0 Å². The molecule has 2 aromatic heterocycles. The molecule has 19 heavy (non-hydrogen) atoms. The Kier molecular flexibility index (Phi) is 3.72. The summed E-state index contributed by atoms with van der Waals surface area (Å²) in [5.74, 6) is 4.18. The summed E-state index contributed by atoms with van der Waals surface area (Å²) in [4.78, 5) is 9.24. The number of pyridine rings is 1. The summed E-state index contributed by atoms with van der Waals surface area (Å²) in [6, 6.07) is 2.09. The number of fused-ring (bicyclic) bond motifs is 1. The van der Waals surface area contributed by atoms with Gasteiger partial charge in [-0.15, -0.1) is 11.6 Å². The summed E-state index contributed by atoms with van der Waals surface area (Å²) < 4.78 is 2.23. The fraction of sp³-hybridized carbons (Fsp3) is 0.571. The average Bonchev–Trinajstić information content (AvgIpc) is 2.97. The van der Waals surface area contributed by atoms with Gasteiger partial charge >= 0.3 is 0 Å². The van der Waals surface area contributed by atoms with Crippen molar-refractivity contribution in [2.45, 2.75) is 32.2 Å². The Morgan fingerprint density at radius 3 is 3.11 bits per heavy atom. The maximum absolute atomic E-state index is 6.29. The topological polar surface area (TPSA) is 30.7 Å². The molecule has 0 amide bonds. The zero-order chi connectivity index (χ0) is 13.4. The third kappa shape index (κ3) is 2.61. The van der Waals surface area contributed by atoms with E-state index < -0.39 is 0 Å². The number of alkyl halides is 1. The van der Waals surface area contributed by atoms with E-state index in [9.17, 15) is 0 Å². The first kappa shape index (κ1) is 13.3. The van der Waals surface area contributed by atoms with Crippen LogP contribution >= 0.6 is 23.4 Å². The van der Waals surface area contributed by atoms with Gasteiger partial charge in [-0.25, -0.2) is 9.97 Å². The smallest absolute Gasteiger partial charge is 0.160 e. The molecule has 0 bridgehead atoms. The van der Waals surface area contributed by atoms with E-state index in [2.05, 4.69) is 20.6 Å². The number of thioether (sulfide) groups is 1. The van der Waals surface area contributed by atoms with Crippen LogP contribution in [-0.2, 0) is 6.54 Å². The standard InChI is InChI=1S/C14H18ClN3S/c1-9-5-12-14(16-6-9)18(13(17-12)10(2)15)7-11-3-4-19-8-11/h5-6,10-11H,3-4,7-8H2,1-2H3. The molecule has 2 aromatic rings. The first-order valence-corrected chi connectivity index (χ1v) is 8.29. The van der Waals surface area contributed by atoms with Crippen molar-refractivity contribution in [3.8, 4) is 0 Å². The van der Waals surface area contributed by atoms with E-state index in [1.807, 2.05) is 31.8 Å². The molecular formula is C14H18ClN3S. The fourth-order valence-corrected chi connectivity index (χ4v) is 4.04. The summed E-state index contributed by atoms with van der Waals surface area (Å²) in [5.41, 5.74) is 3.08. The number of hydrogen-bond donors (Lipinski definition) is 0. The number of nitrogens with zero attached hydrogens (tertiary/aromatic N) is 3. The normalized spacial score (nSPS) is 21.1. The van der Waals surface area contributed by atoms with Crippen molar-refractivity contribution in [2.24, 2.45) is 5.92 Å². The lowest BCUT2D eigenvalue weighted by Gasteiger charge is -2.14. The Bertz CT molecular complexity index is 588. The minimum absolute atomic E-state index is 0.0800. The number of rotatable bonds is 3. The molecule has 2 unspecified atom stereocenters. The van der Waals surface area contributed by atoms with Crippen LogP contribution < -0.4 is 0 Å². The molecule has 0 aromatic carbocycles. The van der Waals surface area contributed by atoms with E-state index in [0.717, 1.165) is 35.0 Å². The van der Waals surface area contributed by atoms with Gasteiger partial charge in [0.1, 0.15) is 11.3 Å². The molecule has 2 atom stereocenters. The Morgan fingerprint density at radius 2 is 2.42 bits per heavy atom. The van der Waals surface area contributed by atoms with E-state index in [1.54, 1.807) is 0 Å². The van der Waals surface area contributed by atoms with Gasteiger partial charge in [0.2, 0.25) is 0 Å². The number of hydrogen-bond acceptors (Lipinski definition) is 3. The van der Waals surface area contributed by atoms with Crippen molar-refractivity contribution in [3.05, 3.63) is 23.7 Å². The van der Waals surface area contributed by atoms with Crippen LogP contribution in [0.5, 0.6) is 0 Å². The summed E-state index contributed by atoms with van der Waals surface area (Å²) in [6.07, 6.45) is 3.19. The van der Waals surface area contributed by atoms with Crippen LogP contribution in [0, 0.1) is 12.8 Å². The molecule has 0 N–H and O–H groups in total. The van der Waals surface area contributed by atoms with Crippen LogP contribution in [0.15, 0.2) is 12.3 Å². The number of halogens is 1. The van der Waals surface area contributed by atoms with E-state index >= 15 is 0 Å². The van der Waals surface area contributed by atoms with Crippen molar-refractivity contribution in [1.29, 1.82) is 0 Å². The number of aromatic nitrogens is 3. The lowest BCUT2D eigenvalue weighted by atomic mass is 10.1. The first-order chi connectivity index (χ1) is 9.15. The van der Waals surface area contributed by atoms with Crippen molar-refractivity contribution in [1.82, 2.24) is 14.5 Å². The quantitative estimate of drug-likeness (QED) is 0.807. The Balaban J connectivity index is 2.05. The highest BCUT2D eigenvalue weighted by molar-refractivity contribution is 7.99. The monoisotopic (exact) mass is 295 g/mol. The van der Waals surface area contributed by atoms with Gasteiger partial charge in [-0.3, -0.25) is 0 Å². The van der Waals surface area contributed by atoms with E-state index in [4.69, 9.17) is 11.6 Å². The molecule has 1 aliphatic rings. The zero-order valence-electron chi connectivity index (χ0n) is 11.3. The minimum atomic E-state index is -0.0800. The number of imidazole rings is 1. The van der Waals surface area contributed by atoms with Crippen molar-refractivity contribution >= 4 is 34.5 Å². The van der Waals surface area contributed by atoms with Gasteiger partial charge in [0.05, 0.1) is 5.38 Å². The third-order valence-corrected chi connectivity index (χ3v) is 5.00. The summed E-state index contributed by atoms with van der Waals surface area (Å²) in [6.45, 7) is 5.02. The molecular weight excluding hydrogens is 278 g/mol. The molecule has 102 valence electrons. The molecule has 0 spiro atoms. The third-order valence-electron chi connectivity index (χ3n) is 3.57. The van der Waals surface area contributed by atoms with E-state index in [-0.39, 0.29) is 5.38 Å². The Hall–Kier alpha value is -0.740. The predicted molar refractivity (Wildman–Crippen MR) is 82.0 cm³/mol. The Morgan fingerprint density at radius 1 is 1.58 bits per heavy atom. The second kappa shape index (κ2) is 5.33. The van der Waals surface area contributed by atoms with E-state index in [0.29, 0.717) is 0 Å². The van der Waals surface area contributed by atoms with Crippen LogP contribution in [0.4, 0.5) is 0 Å². The zero-order valence-corrected chi connectivity index (χ0v) is 12.8. The molecule has 1 saturated heterocycles. The maximum atomic E-state index is 6.29. The second-order valence-corrected chi connectivity index (χ2v) is 7.09. The predicted octanol–water partition coefficient (Wildman–Crippen LogP) is 3.79. The summed E-state index contributed by atoms with van der Waals surface area (Å²) in [7, 11) is 0. The van der Waals surface area contributed by atoms with Crippen molar-refractivity contribution < 1.29 is 0 Å². The van der Waals surface area contributed by atoms with Crippen LogP contribution in [0.1, 0.15) is 30.1 Å². The molecule has 0 aliphatic carbocycles. The largest absolute Gasteiger partial charge is 0.311 e. The first-order valence-electron chi connectivity index (χ1n) is 6.69. The van der Waals surface area contributed by atoms with Gasteiger partial charge in [-0.2, -0.15) is 11.8 Å². The highest BCUT2D eigenvalue weighted by Crippen LogP contribution is 2.29. The van der Waals surface area contributed by atoms with Gasteiger partial charge in [0.25, 0.3) is 0 Å². The van der Waals surface area contributed by atoms with Crippen molar-refractivity contribution in [3.63, 3.8) is 0 Å². The summed E-state index contributed by atoms with van der Waals surface area (Å²) in [5, 5.41) is -0.0800.